The van der Waals surface area contributed by atoms with Crippen LogP contribution in [-0.4, -0.2) is 31.1 Å². The van der Waals surface area contributed by atoms with Crippen molar-refractivity contribution in [3.8, 4) is 11.5 Å². The molecular weight excluding hydrogens is 321 g/mol. The minimum atomic E-state index is -0.283. The van der Waals surface area contributed by atoms with Crippen molar-refractivity contribution in [1.29, 1.82) is 0 Å². The molecule has 0 bridgehead atoms. The van der Waals surface area contributed by atoms with Gasteiger partial charge in [-0.25, -0.2) is 4.39 Å². The summed E-state index contributed by atoms with van der Waals surface area (Å²) in [6.45, 7) is 3.40. The second kappa shape index (κ2) is 9.67. The summed E-state index contributed by atoms with van der Waals surface area (Å²) in [4.78, 5) is 14.0. The average Bonchev–Trinajstić information content (AvgIpc) is 2.63. The van der Waals surface area contributed by atoms with Gasteiger partial charge in [-0.1, -0.05) is 12.1 Å². The fraction of sp³-hybridized carbons (Fsp3) is 0.350. The van der Waals surface area contributed by atoms with Crippen molar-refractivity contribution in [3.63, 3.8) is 0 Å². The summed E-state index contributed by atoms with van der Waals surface area (Å²) in [7, 11) is 1.62. The first-order chi connectivity index (χ1) is 12.1. The Kier molecular flexibility index (Phi) is 7.26. The van der Waals surface area contributed by atoms with E-state index >= 15 is 0 Å². The van der Waals surface area contributed by atoms with Crippen LogP contribution in [0.15, 0.2) is 48.5 Å². The van der Waals surface area contributed by atoms with Crippen LogP contribution in [0.3, 0.4) is 0 Å². The largest absolute Gasteiger partial charge is 0.497 e. The van der Waals surface area contributed by atoms with Gasteiger partial charge in [0.15, 0.2) is 0 Å². The number of amides is 1. The number of carbonyl (C=O) groups is 1. The molecule has 0 fully saturated rings. The van der Waals surface area contributed by atoms with Gasteiger partial charge in [-0.15, -0.1) is 0 Å². The fourth-order valence-electron chi connectivity index (χ4n) is 2.48. The van der Waals surface area contributed by atoms with Crippen LogP contribution in [0.4, 0.5) is 4.39 Å². The maximum absolute atomic E-state index is 13.3. The molecular formula is C20H24FNO3. The molecule has 0 unspecified atom stereocenters. The van der Waals surface area contributed by atoms with Crippen LogP contribution < -0.4 is 9.47 Å². The number of ether oxygens (including phenoxy) is 2. The van der Waals surface area contributed by atoms with Gasteiger partial charge in [0.2, 0.25) is 5.91 Å². The Balaban J connectivity index is 1.75. The molecule has 0 N–H and O–H groups in total. The molecule has 0 aromatic heterocycles. The molecule has 0 aliphatic carbocycles. The lowest BCUT2D eigenvalue weighted by Gasteiger charge is -2.21. The lowest BCUT2D eigenvalue weighted by atomic mass is 10.2. The minimum absolute atomic E-state index is 0.0464. The van der Waals surface area contributed by atoms with Crippen molar-refractivity contribution in [2.45, 2.75) is 26.3 Å². The SMILES string of the molecule is CCN(Cc1cccc(F)c1)C(=O)CCCOc1ccc(OC)cc1. The zero-order valence-corrected chi connectivity index (χ0v) is 14.7. The Morgan fingerprint density at radius 2 is 1.84 bits per heavy atom. The molecule has 0 aliphatic heterocycles. The monoisotopic (exact) mass is 345 g/mol. The van der Waals surface area contributed by atoms with Crippen LogP contribution in [0.25, 0.3) is 0 Å². The lowest BCUT2D eigenvalue weighted by Crippen LogP contribution is -2.30. The van der Waals surface area contributed by atoms with Gasteiger partial charge in [0.1, 0.15) is 17.3 Å². The normalized spacial score (nSPS) is 10.4. The van der Waals surface area contributed by atoms with Gasteiger partial charge in [0.25, 0.3) is 0 Å². The van der Waals surface area contributed by atoms with E-state index < -0.39 is 0 Å². The Morgan fingerprint density at radius 1 is 1.12 bits per heavy atom. The van der Waals surface area contributed by atoms with E-state index in [4.69, 9.17) is 9.47 Å². The minimum Gasteiger partial charge on any atom is -0.497 e. The first-order valence-electron chi connectivity index (χ1n) is 8.41. The molecule has 0 heterocycles. The van der Waals surface area contributed by atoms with E-state index in [-0.39, 0.29) is 11.7 Å². The second-order valence-corrected chi connectivity index (χ2v) is 5.67. The van der Waals surface area contributed by atoms with E-state index in [0.29, 0.717) is 32.5 Å². The van der Waals surface area contributed by atoms with Gasteiger partial charge in [0.05, 0.1) is 13.7 Å². The van der Waals surface area contributed by atoms with E-state index in [1.165, 1.54) is 12.1 Å². The number of nitrogens with zero attached hydrogens (tertiary/aromatic N) is 1. The molecule has 0 spiro atoms. The van der Waals surface area contributed by atoms with Gasteiger partial charge in [0, 0.05) is 19.5 Å². The Morgan fingerprint density at radius 3 is 2.48 bits per heavy atom. The Bertz CT molecular complexity index is 673. The van der Waals surface area contributed by atoms with Crippen LogP contribution in [0.5, 0.6) is 11.5 Å². The summed E-state index contributed by atoms with van der Waals surface area (Å²) in [6.07, 6.45) is 1.03. The van der Waals surface area contributed by atoms with E-state index in [1.54, 1.807) is 18.1 Å². The Hall–Kier alpha value is -2.56. The highest BCUT2D eigenvalue weighted by molar-refractivity contribution is 5.76. The van der Waals surface area contributed by atoms with Gasteiger partial charge >= 0.3 is 0 Å². The van der Waals surface area contributed by atoms with E-state index in [1.807, 2.05) is 37.3 Å². The summed E-state index contributed by atoms with van der Waals surface area (Å²) < 4.78 is 24.0. The van der Waals surface area contributed by atoms with Gasteiger partial charge < -0.3 is 14.4 Å². The molecule has 0 atom stereocenters. The van der Waals surface area contributed by atoms with Crippen molar-refractivity contribution in [3.05, 3.63) is 59.9 Å². The third-order valence-electron chi connectivity index (χ3n) is 3.86. The van der Waals surface area contributed by atoms with Gasteiger partial charge in [-0.3, -0.25) is 4.79 Å². The molecule has 0 aliphatic rings. The fourth-order valence-corrected chi connectivity index (χ4v) is 2.48. The van der Waals surface area contributed by atoms with E-state index in [2.05, 4.69) is 0 Å². The van der Waals surface area contributed by atoms with Crippen molar-refractivity contribution < 1.29 is 18.7 Å². The predicted octanol–water partition coefficient (Wildman–Crippen LogP) is 4.04. The highest BCUT2D eigenvalue weighted by Crippen LogP contribution is 2.17. The van der Waals surface area contributed by atoms with Crippen LogP contribution in [0.2, 0.25) is 0 Å². The zero-order valence-electron chi connectivity index (χ0n) is 14.7. The molecule has 0 saturated carbocycles. The number of carbonyl (C=O) groups excluding carboxylic acids is 1. The van der Waals surface area contributed by atoms with E-state index in [0.717, 1.165) is 17.1 Å². The third kappa shape index (κ3) is 6.10. The van der Waals surface area contributed by atoms with Crippen LogP contribution >= 0.6 is 0 Å². The molecule has 25 heavy (non-hydrogen) atoms. The van der Waals surface area contributed by atoms with Crippen LogP contribution in [0.1, 0.15) is 25.3 Å². The van der Waals surface area contributed by atoms with Crippen molar-refractivity contribution in [2.75, 3.05) is 20.3 Å². The first-order valence-corrected chi connectivity index (χ1v) is 8.41. The number of hydrogen-bond acceptors (Lipinski definition) is 3. The lowest BCUT2D eigenvalue weighted by molar-refractivity contribution is -0.131. The maximum atomic E-state index is 13.3. The second-order valence-electron chi connectivity index (χ2n) is 5.67. The number of rotatable bonds is 9. The molecule has 2 rings (SSSR count). The number of benzene rings is 2. The summed E-state index contributed by atoms with van der Waals surface area (Å²) in [5.74, 6) is 1.29. The molecule has 0 radical (unpaired) electrons. The molecule has 1 amide bonds. The highest BCUT2D eigenvalue weighted by atomic mass is 19.1. The molecule has 4 nitrogen and oxygen atoms in total. The van der Waals surface area contributed by atoms with Crippen LogP contribution in [-0.2, 0) is 11.3 Å². The summed E-state index contributed by atoms with van der Waals surface area (Å²) in [6, 6.07) is 13.7. The first kappa shape index (κ1) is 18.8. The summed E-state index contributed by atoms with van der Waals surface area (Å²) in [5, 5.41) is 0. The molecule has 2 aromatic carbocycles. The number of methoxy groups -OCH3 is 1. The van der Waals surface area contributed by atoms with Crippen molar-refractivity contribution >= 4 is 5.91 Å². The van der Waals surface area contributed by atoms with Crippen LogP contribution in [0, 0.1) is 5.82 Å². The van der Waals surface area contributed by atoms with Gasteiger partial charge in [-0.2, -0.15) is 0 Å². The third-order valence-corrected chi connectivity index (χ3v) is 3.86. The van der Waals surface area contributed by atoms with Crippen molar-refractivity contribution in [2.24, 2.45) is 0 Å². The smallest absolute Gasteiger partial charge is 0.222 e. The molecule has 2 aromatic rings. The number of hydrogen-bond donors (Lipinski definition) is 0. The topological polar surface area (TPSA) is 38.8 Å². The highest BCUT2D eigenvalue weighted by Gasteiger charge is 2.12. The Labute approximate surface area is 148 Å². The summed E-state index contributed by atoms with van der Waals surface area (Å²) >= 11 is 0. The quantitative estimate of drug-likeness (QED) is 0.644. The van der Waals surface area contributed by atoms with Crippen molar-refractivity contribution in [1.82, 2.24) is 4.90 Å². The van der Waals surface area contributed by atoms with Gasteiger partial charge in [-0.05, 0) is 55.3 Å². The van der Waals surface area contributed by atoms with E-state index in [9.17, 15) is 9.18 Å². The maximum Gasteiger partial charge on any atom is 0.222 e. The number of halogens is 1. The average molecular weight is 345 g/mol. The molecule has 134 valence electrons. The molecule has 0 saturated heterocycles. The standard InChI is InChI=1S/C20H24FNO3/c1-3-22(15-16-6-4-7-17(21)14-16)20(23)8-5-13-25-19-11-9-18(24-2)10-12-19/h4,6-7,9-12,14H,3,5,8,13,15H2,1-2H3. The molecule has 5 heteroatoms. The summed E-state index contributed by atoms with van der Waals surface area (Å²) in [5.41, 5.74) is 0.796. The zero-order chi connectivity index (χ0) is 18.1. The predicted molar refractivity (Wildman–Crippen MR) is 95.2 cm³/mol.